The van der Waals surface area contributed by atoms with Crippen molar-refractivity contribution in [3.05, 3.63) is 39.7 Å². The van der Waals surface area contributed by atoms with E-state index in [-0.39, 0.29) is 29.7 Å². The van der Waals surface area contributed by atoms with Crippen molar-refractivity contribution in [3.8, 4) is 5.75 Å². The number of carboxylic acids is 1. The smallest absolute Gasteiger partial charge is 0.310 e. The van der Waals surface area contributed by atoms with Crippen LogP contribution >= 0.6 is 23.2 Å². The number of fused-ring (bicyclic) bond motifs is 1. The molecule has 0 bridgehead atoms. The van der Waals surface area contributed by atoms with E-state index in [4.69, 9.17) is 27.9 Å². The number of aromatic nitrogens is 3. The summed E-state index contributed by atoms with van der Waals surface area (Å²) in [5, 5.41) is 19.0. The van der Waals surface area contributed by atoms with Gasteiger partial charge < -0.3 is 19.6 Å². The van der Waals surface area contributed by atoms with Crippen molar-refractivity contribution in [2.24, 2.45) is 23.8 Å². The molecule has 1 N–H and O–H groups in total. The van der Waals surface area contributed by atoms with Crippen LogP contribution in [-0.4, -0.2) is 67.3 Å². The van der Waals surface area contributed by atoms with E-state index in [2.05, 4.69) is 10.3 Å². The van der Waals surface area contributed by atoms with Gasteiger partial charge in [0.2, 0.25) is 11.8 Å². The Labute approximate surface area is 255 Å². The first kappa shape index (κ1) is 29.2. The highest BCUT2D eigenvalue weighted by Crippen LogP contribution is 2.54. The highest BCUT2D eigenvalue weighted by atomic mass is 35.5. The molecule has 0 unspecified atom stereocenters. The summed E-state index contributed by atoms with van der Waals surface area (Å²) >= 11 is 12.9. The van der Waals surface area contributed by atoms with Crippen molar-refractivity contribution in [1.29, 1.82) is 0 Å². The maximum atomic E-state index is 14.4. The standard InChI is InChI=1S/C30H37Cl2N5O5/c1-29(28(40)41)9-4-3-5-19(29)27(39)37-12-8-18-20(32)6-7-24(42-16-21-22(14-31)35(2)34-33-21)26(18)23(37)15-36-17-30(10-11-30)13-25(36)38/h6-7,19,23H,3-5,8-17H2,1-2H3,(H,40,41)/t19-,23+,29-/m0/s1. The largest absolute Gasteiger partial charge is 0.487 e. The van der Waals surface area contributed by atoms with E-state index in [1.54, 1.807) is 35.7 Å². The number of aryl methyl sites for hydroxylation is 1. The lowest BCUT2D eigenvalue weighted by Crippen LogP contribution is -2.52. The molecule has 1 aromatic heterocycles. The van der Waals surface area contributed by atoms with Gasteiger partial charge in [-0.3, -0.25) is 19.1 Å². The number of benzene rings is 1. The van der Waals surface area contributed by atoms with Crippen molar-refractivity contribution >= 4 is 41.0 Å². The van der Waals surface area contributed by atoms with Crippen LogP contribution < -0.4 is 4.74 Å². The molecule has 4 aliphatic rings. The second kappa shape index (κ2) is 11.0. The Morgan fingerprint density at radius 2 is 2.00 bits per heavy atom. The third-order valence-corrected chi connectivity index (χ3v) is 10.7. The van der Waals surface area contributed by atoms with E-state index < -0.39 is 23.3 Å². The fraction of sp³-hybridized carbons (Fsp3) is 0.633. The van der Waals surface area contributed by atoms with Crippen LogP contribution in [0.5, 0.6) is 5.75 Å². The normalized spacial score (nSPS) is 26.4. The van der Waals surface area contributed by atoms with Gasteiger partial charge in [0.05, 0.1) is 28.9 Å². The number of carbonyl (C=O) groups is 3. The SMILES string of the molecule is Cn1nnc(COc2ccc(Cl)c3c2[C@@H](CN2CC4(CC4)CC2=O)N(C(=O)[C@@H]2CCCC[C@]2(C)C(=O)O)CC3)c1CCl. The first-order valence-electron chi connectivity index (χ1n) is 14.8. The van der Waals surface area contributed by atoms with Crippen molar-refractivity contribution in [2.75, 3.05) is 19.6 Å². The topological polar surface area (TPSA) is 118 Å². The van der Waals surface area contributed by atoms with Gasteiger partial charge in [0.25, 0.3) is 0 Å². The zero-order valence-corrected chi connectivity index (χ0v) is 25.6. The fourth-order valence-corrected chi connectivity index (χ4v) is 7.84. The van der Waals surface area contributed by atoms with Crippen LogP contribution in [0, 0.1) is 16.7 Å². The van der Waals surface area contributed by atoms with Crippen LogP contribution in [0.15, 0.2) is 12.1 Å². The number of alkyl halides is 1. The minimum absolute atomic E-state index is 0.0618. The lowest BCUT2D eigenvalue weighted by atomic mass is 9.66. The van der Waals surface area contributed by atoms with Crippen LogP contribution in [0.4, 0.5) is 0 Å². The Bertz CT molecular complexity index is 1420. The molecule has 2 saturated carbocycles. The number of carbonyl (C=O) groups excluding carboxylic acids is 2. The van der Waals surface area contributed by atoms with Crippen LogP contribution in [0.3, 0.4) is 0 Å². The average molecular weight is 619 g/mol. The van der Waals surface area contributed by atoms with Crippen LogP contribution in [0.1, 0.15) is 80.4 Å². The summed E-state index contributed by atoms with van der Waals surface area (Å²) in [5.41, 5.74) is 1.94. The number of carboxylic acid groups (broad SMARTS) is 1. The summed E-state index contributed by atoms with van der Waals surface area (Å²) in [7, 11) is 1.77. The molecule has 2 aromatic rings. The zero-order chi connectivity index (χ0) is 29.8. The lowest BCUT2D eigenvalue weighted by Gasteiger charge is -2.45. The molecule has 3 heterocycles. The van der Waals surface area contributed by atoms with Gasteiger partial charge in [-0.1, -0.05) is 29.7 Å². The van der Waals surface area contributed by atoms with E-state index in [9.17, 15) is 19.5 Å². The van der Waals surface area contributed by atoms with Gasteiger partial charge in [0, 0.05) is 43.7 Å². The monoisotopic (exact) mass is 617 g/mol. The van der Waals surface area contributed by atoms with E-state index in [1.165, 1.54) is 0 Å². The molecule has 1 spiro atoms. The number of ether oxygens (including phenoxy) is 1. The Hall–Kier alpha value is -2.85. The highest BCUT2D eigenvalue weighted by molar-refractivity contribution is 6.31. The lowest BCUT2D eigenvalue weighted by molar-refractivity contribution is -0.162. The molecule has 3 atom stereocenters. The minimum Gasteiger partial charge on any atom is -0.487 e. The van der Waals surface area contributed by atoms with Crippen molar-refractivity contribution in [2.45, 2.75) is 76.8 Å². The molecule has 2 aliphatic heterocycles. The molecule has 1 saturated heterocycles. The maximum Gasteiger partial charge on any atom is 0.310 e. The molecule has 1 aromatic carbocycles. The molecule has 0 radical (unpaired) electrons. The molecule has 3 fully saturated rings. The Morgan fingerprint density at radius 3 is 2.69 bits per heavy atom. The molecule has 10 nitrogen and oxygen atoms in total. The molecular weight excluding hydrogens is 581 g/mol. The van der Waals surface area contributed by atoms with Gasteiger partial charge in [-0.15, -0.1) is 16.7 Å². The first-order chi connectivity index (χ1) is 20.1. The second-order valence-electron chi connectivity index (χ2n) is 12.7. The number of nitrogens with zero attached hydrogens (tertiary/aromatic N) is 5. The molecule has 226 valence electrons. The fourth-order valence-electron chi connectivity index (χ4n) is 7.25. The predicted octanol–water partition coefficient (Wildman–Crippen LogP) is 4.51. The van der Waals surface area contributed by atoms with Gasteiger partial charge >= 0.3 is 5.97 Å². The van der Waals surface area contributed by atoms with E-state index in [0.717, 1.165) is 42.5 Å². The van der Waals surface area contributed by atoms with Crippen LogP contribution in [0.2, 0.25) is 5.02 Å². The third kappa shape index (κ3) is 5.04. The Balaban J connectivity index is 1.38. The van der Waals surface area contributed by atoms with Crippen molar-refractivity contribution in [3.63, 3.8) is 0 Å². The van der Waals surface area contributed by atoms with Gasteiger partial charge in [-0.25, -0.2) is 0 Å². The summed E-state index contributed by atoms with van der Waals surface area (Å²) in [6.07, 6.45) is 5.69. The Morgan fingerprint density at radius 1 is 1.21 bits per heavy atom. The number of hydrogen-bond acceptors (Lipinski definition) is 6. The molecule has 2 aliphatic carbocycles. The van der Waals surface area contributed by atoms with E-state index in [0.29, 0.717) is 61.8 Å². The number of likely N-dealkylation sites (tertiary alicyclic amines) is 1. The Kier molecular flexibility index (Phi) is 7.66. The van der Waals surface area contributed by atoms with Crippen molar-refractivity contribution < 1.29 is 24.2 Å². The van der Waals surface area contributed by atoms with Gasteiger partial charge in [-0.05, 0) is 62.1 Å². The molecule has 12 heteroatoms. The predicted molar refractivity (Wildman–Crippen MR) is 155 cm³/mol. The van der Waals surface area contributed by atoms with Crippen molar-refractivity contribution in [1.82, 2.24) is 24.8 Å². The number of aliphatic carboxylic acids is 1. The molecular formula is C30H37Cl2N5O5. The van der Waals surface area contributed by atoms with Gasteiger partial charge in [0.15, 0.2) is 0 Å². The quantitative estimate of drug-likeness (QED) is 0.433. The summed E-state index contributed by atoms with van der Waals surface area (Å²) in [4.78, 5) is 43.7. The summed E-state index contributed by atoms with van der Waals surface area (Å²) in [6.45, 7) is 3.19. The number of hydrogen-bond donors (Lipinski definition) is 1. The second-order valence-corrected chi connectivity index (χ2v) is 13.4. The van der Waals surface area contributed by atoms with Gasteiger partial charge in [-0.2, -0.15) is 0 Å². The highest BCUT2D eigenvalue weighted by Gasteiger charge is 2.54. The number of rotatable bonds is 8. The van der Waals surface area contributed by atoms with E-state index in [1.807, 2.05) is 4.90 Å². The van der Waals surface area contributed by atoms with Crippen LogP contribution in [0.25, 0.3) is 0 Å². The van der Waals surface area contributed by atoms with Crippen LogP contribution in [-0.2, 0) is 40.3 Å². The summed E-state index contributed by atoms with van der Waals surface area (Å²) in [6, 6.07) is 3.07. The number of amides is 2. The van der Waals surface area contributed by atoms with E-state index >= 15 is 0 Å². The maximum absolute atomic E-state index is 14.4. The number of halogens is 2. The zero-order valence-electron chi connectivity index (χ0n) is 24.1. The molecule has 2 amide bonds. The minimum atomic E-state index is -1.14. The average Bonchev–Trinajstić information content (AvgIpc) is 3.51. The molecule has 6 rings (SSSR count). The third-order valence-electron chi connectivity index (χ3n) is 10.1. The van der Waals surface area contributed by atoms with Gasteiger partial charge in [0.1, 0.15) is 18.1 Å². The summed E-state index contributed by atoms with van der Waals surface area (Å²) in [5.74, 6) is -0.880. The first-order valence-corrected chi connectivity index (χ1v) is 15.7. The molecule has 42 heavy (non-hydrogen) atoms. The summed E-state index contributed by atoms with van der Waals surface area (Å²) < 4.78 is 7.97.